The van der Waals surface area contributed by atoms with E-state index in [1.165, 1.54) is 0 Å². The molecule has 0 aromatic heterocycles. The molecule has 0 heterocycles. The van der Waals surface area contributed by atoms with E-state index in [2.05, 4.69) is 0 Å². The minimum Gasteiger partial charge on any atom is -0.479 e. The Morgan fingerprint density at radius 3 is 1.53 bits per heavy atom. The smallest absolute Gasteiger partial charge is 0.335 e. The van der Waals surface area contributed by atoms with Gasteiger partial charge >= 0.3 is 5.97 Å². The molecule has 0 fully saturated rings. The molecule has 0 rings (SSSR count). The van der Waals surface area contributed by atoms with Crippen molar-refractivity contribution in [2.75, 3.05) is 6.61 Å². The van der Waals surface area contributed by atoms with Gasteiger partial charge in [0.05, 0.1) is 6.61 Å². The number of carboxylic acid groups (broad SMARTS) is 1. The second-order valence-corrected chi connectivity index (χ2v) is 2.51. The minimum absolute atomic E-state index is 0. The number of aliphatic hydroxyl groups excluding tert-OH is 5. The molecule has 0 aromatic carbocycles. The molecule has 0 spiro atoms. The maximum atomic E-state index is 10.1. The van der Waals surface area contributed by atoms with Crippen LogP contribution >= 0.6 is 0 Å². The standard InChI is InChI=1S/C6H12O7.3H2O.Zn/c7-1-2(8)3(9)4(10)5(11)6(12)13;;;;/h2-5,7-11H,1H2,(H,12,13);3*1H2;/t2-,3-,4+,5-;;;;/m1..../s1. The van der Waals surface area contributed by atoms with Crippen molar-refractivity contribution in [2.45, 2.75) is 24.4 Å². The van der Waals surface area contributed by atoms with Crippen LogP contribution < -0.4 is 0 Å². The molecule has 12 N–H and O–H groups in total. The third-order valence-corrected chi connectivity index (χ3v) is 1.51. The van der Waals surface area contributed by atoms with E-state index in [1.807, 2.05) is 0 Å². The first kappa shape index (κ1) is 30.1. The molecular weight excluding hydrogens is 297 g/mol. The molecule has 104 valence electrons. The summed E-state index contributed by atoms with van der Waals surface area (Å²) in [7, 11) is 0. The molecule has 17 heavy (non-hydrogen) atoms. The van der Waals surface area contributed by atoms with Gasteiger partial charge in [-0.2, -0.15) is 0 Å². The number of carbonyl (C=O) groups is 1. The third-order valence-electron chi connectivity index (χ3n) is 1.51. The predicted molar refractivity (Wildman–Crippen MR) is 49.6 cm³/mol. The minimum atomic E-state index is -2.20. The zero-order valence-electron chi connectivity index (χ0n) is 8.82. The van der Waals surface area contributed by atoms with Crippen molar-refractivity contribution in [2.24, 2.45) is 0 Å². The quantitative estimate of drug-likeness (QED) is 0.268. The van der Waals surface area contributed by atoms with Crippen LogP contribution in [0.2, 0.25) is 0 Å². The topological polar surface area (TPSA) is 233 Å². The van der Waals surface area contributed by atoms with Crippen molar-refractivity contribution >= 4 is 5.97 Å². The molecule has 0 unspecified atom stereocenters. The summed E-state index contributed by atoms with van der Waals surface area (Å²) in [6.45, 7) is -0.843. The maximum absolute atomic E-state index is 10.1. The van der Waals surface area contributed by atoms with E-state index in [1.54, 1.807) is 0 Å². The van der Waals surface area contributed by atoms with Gasteiger partial charge in [0.25, 0.3) is 0 Å². The largest absolute Gasteiger partial charge is 0.479 e. The fourth-order valence-corrected chi connectivity index (χ4v) is 0.668. The van der Waals surface area contributed by atoms with Gasteiger partial charge in [-0.05, 0) is 0 Å². The summed E-state index contributed by atoms with van der Waals surface area (Å²) in [4.78, 5) is 10.1. The van der Waals surface area contributed by atoms with Crippen LogP contribution in [0.15, 0.2) is 0 Å². The Hall–Kier alpha value is -0.227. The zero-order chi connectivity index (χ0) is 10.6. The average molecular weight is 316 g/mol. The normalized spacial score (nSPS) is 15.6. The summed E-state index contributed by atoms with van der Waals surface area (Å²) in [5, 5.41) is 51.8. The summed E-state index contributed by atoms with van der Waals surface area (Å²) in [6.07, 6.45) is -7.84. The summed E-state index contributed by atoms with van der Waals surface area (Å²) >= 11 is 0. The molecule has 0 bridgehead atoms. The van der Waals surface area contributed by atoms with E-state index in [-0.39, 0.29) is 35.9 Å². The van der Waals surface area contributed by atoms with Crippen molar-refractivity contribution in [3.63, 3.8) is 0 Å². The van der Waals surface area contributed by atoms with Crippen molar-refractivity contribution in [1.29, 1.82) is 0 Å². The Morgan fingerprint density at radius 1 is 0.941 bits per heavy atom. The van der Waals surface area contributed by atoms with Crippen LogP contribution in [0.4, 0.5) is 0 Å². The van der Waals surface area contributed by atoms with Gasteiger partial charge in [0.2, 0.25) is 0 Å². The number of hydrogen-bond donors (Lipinski definition) is 6. The molecule has 0 radical (unpaired) electrons. The SMILES string of the molecule is O.O.O.O=C(O)[C@H](O)[C@@H](O)[C@H](O)[C@H](O)CO.[Zn]. The number of hydrogen-bond acceptors (Lipinski definition) is 6. The third kappa shape index (κ3) is 9.47. The summed E-state index contributed by atoms with van der Waals surface area (Å²) in [5.74, 6) is -1.73. The van der Waals surface area contributed by atoms with Gasteiger partial charge in [0.15, 0.2) is 6.10 Å². The Balaban J connectivity index is -0.000000120. The second-order valence-electron chi connectivity index (χ2n) is 2.51. The van der Waals surface area contributed by atoms with Gasteiger partial charge < -0.3 is 47.1 Å². The van der Waals surface area contributed by atoms with Crippen molar-refractivity contribution in [1.82, 2.24) is 0 Å². The van der Waals surface area contributed by atoms with Crippen LogP contribution in [0, 0.1) is 0 Å². The van der Waals surface area contributed by atoms with Gasteiger partial charge in [0.1, 0.15) is 18.3 Å². The van der Waals surface area contributed by atoms with Crippen molar-refractivity contribution in [3.05, 3.63) is 0 Å². The molecule has 0 aromatic rings. The fourth-order valence-electron chi connectivity index (χ4n) is 0.668. The van der Waals surface area contributed by atoms with E-state index in [0.717, 1.165) is 0 Å². The van der Waals surface area contributed by atoms with E-state index in [0.29, 0.717) is 0 Å². The first-order chi connectivity index (χ1) is 5.91. The van der Waals surface area contributed by atoms with E-state index in [9.17, 15) is 4.79 Å². The number of aliphatic carboxylic acids is 1. The predicted octanol–water partition coefficient (Wildman–Crippen LogP) is -5.97. The van der Waals surface area contributed by atoms with Crippen LogP contribution in [-0.2, 0) is 24.3 Å². The van der Waals surface area contributed by atoms with E-state index < -0.39 is 37.0 Å². The Kier molecular flexibility index (Phi) is 24.5. The van der Waals surface area contributed by atoms with Crippen LogP contribution in [0.25, 0.3) is 0 Å². The molecule has 0 aliphatic carbocycles. The Morgan fingerprint density at radius 2 is 1.29 bits per heavy atom. The monoisotopic (exact) mass is 314 g/mol. The molecule has 0 aliphatic rings. The molecule has 0 aliphatic heterocycles. The Labute approximate surface area is 109 Å². The van der Waals surface area contributed by atoms with E-state index >= 15 is 0 Å². The molecule has 4 atom stereocenters. The van der Waals surface area contributed by atoms with Crippen molar-refractivity contribution < 1.29 is 71.3 Å². The number of aliphatic hydroxyl groups is 5. The zero-order valence-corrected chi connectivity index (χ0v) is 11.8. The Bertz CT molecular complexity index is 178. The average Bonchev–Trinajstić information content (AvgIpc) is 2.12. The van der Waals surface area contributed by atoms with Crippen LogP contribution in [0.1, 0.15) is 0 Å². The first-order valence-corrected chi connectivity index (χ1v) is 3.47. The summed E-state index contributed by atoms with van der Waals surface area (Å²) in [6, 6.07) is 0. The number of carboxylic acids is 1. The maximum Gasteiger partial charge on any atom is 0.335 e. The molecule has 0 saturated carbocycles. The van der Waals surface area contributed by atoms with Gasteiger partial charge in [-0.25, -0.2) is 4.79 Å². The van der Waals surface area contributed by atoms with Gasteiger partial charge in [-0.3, -0.25) is 0 Å². The molecule has 0 amide bonds. The van der Waals surface area contributed by atoms with Crippen LogP contribution in [0.5, 0.6) is 0 Å². The van der Waals surface area contributed by atoms with Crippen molar-refractivity contribution in [3.8, 4) is 0 Å². The van der Waals surface area contributed by atoms with Gasteiger partial charge in [0, 0.05) is 19.5 Å². The molecule has 10 nitrogen and oxygen atoms in total. The second kappa shape index (κ2) is 13.8. The van der Waals surface area contributed by atoms with Gasteiger partial charge in [-0.1, -0.05) is 0 Å². The fraction of sp³-hybridized carbons (Fsp3) is 0.833. The molecule has 11 heteroatoms. The van der Waals surface area contributed by atoms with Crippen LogP contribution in [0.3, 0.4) is 0 Å². The van der Waals surface area contributed by atoms with E-state index in [4.69, 9.17) is 30.6 Å². The molecular formula is C6H18O10Zn. The molecule has 0 saturated heterocycles. The summed E-state index contributed by atoms with van der Waals surface area (Å²) in [5.41, 5.74) is 0. The van der Waals surface area contributed by atoms with Gasteiger partial charge in [-0.15, -0.1) is 0 Å². The number of rotatable bonds is 5. The first-order valence-electron chi connectivity index (χ1n) is 3.47. The van der Waals surface area contributed by atoms with Crippen LogP contribution in [-0.4, -0.2) is 84.1 Å². The summed E-state index contributed by atoms with van der Waals surface area (Å²) < 4.78 is 0.